The number of amides is 4. The van der Waals surface area contributed by atoms with Gasteiger partial charge >= 0.3 is 6.03 Å². The van der Waals surface area contributed by atoms with Gasteiger partial charge in [-0.15, -0.1) is 0 Å². The van der Waals surface area contributed by atoms with Crippen molar-refractivity contribution < 1.29 is 19.1 Å². The van der Waals surface area contributed by atoms with Crippen molar-refractivity contribution in [3.8, 4) is 5.75 Å². The SMILES string of the molecule is CN1CCCNc2ncnc3c2/C(=C/Nc2ccc(NC(=O)NC4CCCCC4)c(c2)OCCCC1=O)C(=O)N3. The van der Waals surface area contributed by atoms with E-state index in [1.807, 2.05) is 0 Å². The van der Waals surface area contributed by atoms with Crippen molar-refractivity contribution >= 4 is 46.4 Å². The van der Waals surface area contributed by atoms with Crippen LogP contribution in [0.4, 0.5) is 27.8 Å². The Balaban J connectivity index is 1.39. The highest BCUT2D eigenvalue weighted by molar-refractivity contribution is 6.32. The largest absolute Gasteiger partial charge is 0.491 e. The molecule has 0 unspecified atom stereocenters. The summed E-state index contributed by atoms with van der Waals surface area (Å²) in [7, 11) is 1.79. The summed E-state index contributed by atoms with van der Waals surface area (Å²) in [4.78, 5) is 48.4. The number of hydrogen-bond donors (Lipinski definition) is 5. The lowest BCUT2D eigenvalue weighted by Gasteiger charge is -2.23. The van der Waals surface area contributed by atoms with E-state index in [-0.39, 0.29) is 23.9 Å². The van der Waals surface area contributed by atoms with Crippen molar-refractivity contribution in [3.05, 3.63) is 36.3 Å². The van der Waals surface area contributed by atoms with Crippen LogP contribution in [0.1, 0.15) is 56.9 Å². The lowest BCUT2D eigenvalue weighted by molar-refractivity contribution is -0.130. The van der Waals surface area contributed by atoms with Crippen LogP contribution in [-0.4, -0.2) is 65.5 Å². The molecule has 12 nitrogen and oxygen atoms in total. The predicted molar refractivity (Wildman–Crippen MR) is 153 cm³/mol. The summed E-state index contributed by atoms with van der Waals surface area (Å²) < 4.78 is 6.06. The lowest BCUT2D eigenvalue weighted by Crippen LogP contribution is -2.39. The van der Waals surface area contributed by atoms with Crippen molar-refractivity contribution in [3.63, 3.8) is 0 Å². The molecule has 1 aliphatic carbocycles. The minimum atomic E-state index is -0.292. The number of rotatable bonds is 2. The molecule has 2 bridgehead atoms. The summed E-state index contributed by atoms with van der Waals surface area (Å²) >= 11 is 0. The average Bonchev–Trinajstić information content (AvgIpc) is 3.28. The topological polar surface area (TPSA) is 150 Å². The minimum absolute atomic E-state index is 0.0355. The van der Waals surface area contributed by atoms with Crippen molar-refractivity contribution in [2.24, 2.45) is 0 Å². The number of nitrogens with one attached hydrogen (secondary N) is 5. The van der Waals surface area contributed by atoms with Gasteiger partial charge in [-0.1, -0.05) is 19.3 Å². The van der Waals surface area contributed by atoms with E-state index in [0.29, 0.717) is 78.9 Å². The fourth-order valence-corrected chi connectivity index (χ4v) is 5.12. The van der Waals surface area contributed by atoms with Gasteiger partial charge in [0.15, 0.2) is 0 Å². The molecule has 40 heavy (non-hydrogen) atoms. The maximum absolute atomic E-state index is 12.8. The van der Waals surface area contributed by atoms with Crippen molar-refractivity contribution in [1.29, 1.82) is 0 Å². The molecule has 0 spiro atoms. The number of urea groups is 1. The smallest absolute Gasteiger partial charge is 0.319 e. The van der Waals surface area contributed by atoms with Gasteiger partial charge in [0, 0.05) is 50.6 Å². The second-order valence-electron chi connectivity index (χ2n) is 10.3. The minimum Gasteiger partial charge on any atom is -0.491 e. The van der Waals surface area contributed by atoms with Crippen LogP contribution in [-0.2, 0) is 9.59 Å². The van der Waals surface area contributed by atoms with E-state index in [0.717, 1.165) is 25.7 Å². The number of aromatic nitrogens is 2. The summed E-state index contributed by atoms with van der Waals surface area (Å²) in [6.07, 6.45) is 10.0. The maximum Gasteiger partial charge on any atom is 0.319 e. The lowest BCUT2D eigenvalue weighted by atomic mass is 9.96. The van der Waals surface area contributed by atoms with Gasteiger partial charge in [-0.25, -0.2) is 14.8 Å². The van der Waals surface area contributed by atoms with E-state index in [9.17, 15) is 14.4 Å². The Labute approximate surface area is 233 Å². The summed E-state index contributed by atoms with van der Waals surface area (Å²) in [5, 5.41) is 15.2. The van der Waals surface area contributed by atoms with Gasteiger partial charge in [-0.05, 0) is 37.8 Å². The Hall–Kier alpha value is -4.35. The van der Waals surface area contributed by atoms with Crippen LogP contribution >= 0.6 is 0 Å². The Morgan fingerprint density at radius 1 is 1.07 bits per heavy atom. The zero-order valence-corrected chi connectivity index (χ0v) is 22.7. The number of hydrogen-bond acceptors (Lipinski definition) is 8. The van der Waals surface area contributed by atoms with Crippen LogP contribution in [0, 0.1) is 0 Å². The van der Waals surface area contributed by atoms with Crippen LogP contribution in [0.25, 0.3) is 5.57 Å². The summed E-state index contributed by atoms with van der Waals surface area (Å²) in [6, 6.07) is 5.21. The highest BCUT2D eigenvalue weighted by atomic mass is 16.5. The standard InChI is InChI=1S/C28H36N8O4/c1-36-13-6-12-29-25-24-20(27(38)35-26(24)32-17-31-25)16-30-19-10-11-21(22(15-19)40-14-5-9-23(36)37)34-28(39)33-18-7-3-2-4-8-18/h10-11,15-18,30H,2-9,12-14H2,1H3,(H2,33,34,39)(H2,29,31,32,35,38)/b20-16-. The maximum atomic E-state index is 12.8. The molecule has 2 aromatic rings. The molecule has 12 heteroatoms. The molecule has 0 saturated heterocycles. The van der Waals surface area contributed by atoms with Crippen LogP contribution in [0.2, 0.25) is 0 Å². The molecule has 0 radical (unpaired) electrons. The Morgan fingerprint density at radius 3 is 2.75 bits per heavy atom. The van der Waals surface area contributed by atoms with Crippen molar-refractivity contribution in [2.45, 2.75) is 57.4 Å². The molecule has 212 valence electrons. The number of benzene rings is 1. The summed E-state index contributed by atoms with van der Waals surface area (Å²) in [5.41, 5.74) is 2.15. The molecule has 5 N–H and O–H groups in total. The summed E-state index contributed by atoms with van der Waals surface area (Å²) in [5.74, 6) is 1.18. The quantitative estimate of drug-likeness (QED) is 0.381. The number of anilines is 4. The molecule has 0 atom stereocenters. The van der Waals surface area contributed by atoms with Gasteiger partial charge in [0.2, 0.25) is 5.91 Å². The third kappa shape index (κ3) is 6.61. The van der Waals surface area contributed by atoms with E-state index in [1.54, 1.807) is 36.3 Å². The zero-order valence-electron chi connectivity index (χ0n) is 22.7. The molecule has 3 heterocycles. The molecule has 5 rings (SSSR count). The van der Waals surface area contributed by atoms with E-state index in [4.69, 9.17) is 4.74 Å². The zero-order chi connectivity index (χ0) is 27.9. The third-order valence-electron chi connectivity index (χ3n) is 7.33. The predicted octanol–water partition coefficient (Wildman–Crippen LogP) is 3.77. The molecule has 3 aliphatic rings. The highest BCUT2D eigenvalue weighted by Gasteiger charge is 2.29. The van der Waals surface area contributed by atoms with Gasteiger partial charge in [0.1, 0.15) is 23.7 Å². The second kappa shape index (κ2) is 12.7. The molecule has 1 fully saturated rings. The number of nitrogens with zero attached hydrogens (tertiary/aromatic N) is 3. The Bertz CT molecular complexity index is 1290. The molecular weight excluding hydrogens is 512 g/mol. The van der Waals surface area contributed by atoms with Gasteiger partial charge in [-0.3, -0.25) is 9.59 Å². The molecule has 2 aliphatic heterocycles. The molecule has 1 aromatic heterocycles. The first kappa shape index (κ1) is 27.2. The second-order valence-corrected chi connectivity index (χ2v) is 10.3. The first-order valence-corrected chi connectivity index (χ1v) is 13.9. The number of ether oxygens (including phenoxy) is 1. The first-order chi connectivity index (χ1) is 19.5. The Kier molecular flexibility index (Phi) is 8.62. The van der Waals surface area contributed by atoms with Gasteiger partial charge in [-0.2, -0.15) is 0 Å². The molecule has 1 saturated carbocycles. The monoisotopic (exact) mass is 548 g/mol. The van der Waals surface area contributed by atoms with Crippen LogP contribution < -0.4 is 31.3 Å². The summed E-state index contributed by atoms with van der Waals surface area (Å²) in [6.45, 7) is 1.46. The van der Waals surface area contributed by atoms with E-state index in [1.165, 1.54) is 12.7 Å². The Morgan fingerprint density at radius 2 is 1.90 bits per heavy atom. The number of carbonyl (C=O) groups is 3. The normalized spacial score (nSPS) is 19.8. The van der Waals surface area contributed by atoms with Gasteiger partial charge in [0.25, 0.3) is 5.91 Å². The van der Waals surface area contributed by atoms with Crippen molar-refractivity contribution in [1.82, 2.24) is 20.2 Å². The van der Waals surface area contributed by atoms with E-state index < -0.39 is 0 Å². The molecule has 1 aromatic carbocycles. The van der Waals surface area contributed by atoms with E-state index >= 15 is 0 Å². The number of carbonyl (C=O) groups excluding carboxylic acids is 3. The van der Waals surface area contributed by atoms with Crippen LogP contribution in [0.15, 0.2) is 30.7 Å². The molecule has 4 amide bonds. The van der Waals surface area contributed by atoms with Gasteiger partial charge in [0.05, 0.1) is 23.4 Å². The van der Waals surface area contributed by atoms with Crippen molar-refractivity contribution in [2.75, 3.05) is 48.0 Å². The average molecular weight is 549 g/mol. The van der Waals surface area contributed by atoms with Crippen LogP contribution in [0.3, 0.4) is 0 Å². The third-order valence-corrected chi connectivity index (χ3v) is 7.33. The van der Waals surface area contributed by atoms with E-state index in [2.05, 4.69) is 36.6 Å². The van der Waals surface area contributed by atoms with Crippen LogP contribution in [0.5, 0.6) is 5.75 Å². The fourth-order valence-electron chi connectivity index (χ4n) is 5.12. The highest BCUT2D eigenvalue weighted by Crippen LogP contribution is 2.35. The first-order valence-electron chi connectivity index (χ1n) is 13.9. The number of fused-ring (bicyclic) bond motifs is 2. The molecular formula is C28H36N8O4. The fraction of sp³-hybridized carbons (Fsp3) is 0.464. The van der Waals surface area contributed by atoms with Gasteiger partial charge < -0.3 is 36.2 Å².